The normalized spacial score (nSPS) is 10.2. The number of rotatable bonds is 4. The van der Waals surface area contributed by atoms with Crippen LogP contribution in [0.5, 0.6) is 0 Å². The Balaban J connectivity index is 2.11. The van der Waals surface area contributed by atoms with Crippen LogP contribution in [0.1, 0.15) is 15.9 Å². The first kappa shape index (κ1) is 14.1. The number of methoxy groups -OCH3 is 1. The Morgan fingerprint density at radius 1 is 1.32 bits per heavy atom. The molecule has 0 spiro atoms. The van der Waals surface area contributed by atoms with Crippen LogP contribution in [0.25, 0.3) is 0 Å². The molecule has 0 unspecified atom stereocenters. The Hall–Kier alpha value is -1.33. The van der Waals surface area contributed by atoms with Gasteiger partial charge in [0, 0.05) is 16.4 Å². The van der Waals surface area contributed by atoms with Crippen molar-refractivity contribution < 1.29 is 9.53 Å². The van der Waals surface area contributed by atoms with Crippen molar-refractivity contribution in [2.75, 3.05) is 7.11 Å². The van der Waals surface area contributed by atoms with Crippen molar-refractivity contribution in [2.45, 2.75) is 10.8 Å². The SMILES string of the molecule is COC(=O)c1ccccc1CSc1ccc(Br)cn1. The highest BCUT2D eigenvalue weighted by molar-refractivity contribution is 9.10. The summed E-state index contributed by atoms with van der Waals surface area (Å²) in [5, 5.41) is 0.919. The fraction of sp³-hybridized carbons (Fsp3) is 0.143. The van der Waals surface area contributed by atoms with E-state index in [0.29, 0.717) is 11.3 Å². The maximum atomic E-state index is 11.6. The third kappa shape index (κ3) is 3.81. The van der Waals surface area contributed by atoms with Crippen molar-refractivity contribution in [3.05, 3.63) is 58.2 Å². The van der Waals surface area contributed by atoms with Gasteiger partial charge < -0.3 is 4.74 Å². The van der Waals surface area contributed by atoms with Gasteiger partial charge >= 0.3 is 5.97 Å². The van der Waals surface area contributed by atoms with Crippen molar-refractivity contribution in [3.63, 3.8) is 0 Å². The number of carbonyl (C=O) groups is 1. The van der Waals surface area contributed by atoms with E-state index >= 15 is 0 Å². The molecule has 0 saturated heterocycles. The van der Waals surface area contributed by atoms with Gasteiger partial charge in [-0.05, 0) is 39.7 Å². The first-order chi connectivity index (χ1) is 9.20. The number of thioether (sulfide) groups is 1. The van der Waals surface area contributed by atoms with E-state index in [-0.39, 0.29) is 5.97 Å². The average molecular weight is 338 g/mol. The second-order valence-electron chi connectivity index (χ2n) is 3.75. The number of hydrogen-bond acceptors (Lipinski definition) is 4. The summed E-state index contributed by atoms with van der Waals surface area (Å²) in [7, 11) is 1.39. The molecule has 2 rings (SSSR count). The first-order valence-corrected chi connectivity index (χ1v) is 7.39. The zero-order chi connectivity index (χ0) is 13.7. The molecule has 3 nitrogen and oxygen atoms in total. The zero-order valence-electron chi connectivity index (χ0n) is 10.3. The van der Waals surface area contributed by atoms with Crippen molar-refractivity contribution in [3.8, 4) is 0 Å². The molecule has 19 heavy (non-hydrogen) atoms. The number of carbonyl (C=O) groups excluding carboxylic acids is 1. The van der Waals surface area contributed by atoms with E-state index in [0.717, 1.165) is 15.1 Å². The lowest BCUT2D eigenvalue weighted by Gasteiger charge is -2.07. The van der Waals surface area contributed by atoms with Crippen molar-refractivity contribution >= 4 is 33.7 Å². The fourth-order valence-electron chi connectivity index (χ4n) is 1.55. The van der Waals surface area contributed by atoms with Crippen molar-refractivity contribution in [1.29, 1.82) is 0 Å². The second-order valence-corrected chi connectivity index (χ2v) is 5.66. The van der Waals surface area contributed by atoms with E-state index in [9.17, 15) is 4.79 Å². The van der Waals surface area contributed by atoms with Gasteiger partial charge in [-0.25, -0.2) is 9.78 Å². The molecule has 1 heterocycles. The molecule has 0 aliphatic rings. The highest BCUT2D eigenvalue weighted by Gasteiger charge is 2.11. The van der Waals surface area contributed by atoms with Crippen LogP contribution in [0.15, 0.2) is 52.1 Å². The van der Waals surface area contributed by atoms with E-state index in [1.165, 1.54) is 7.11 Å². The van der Waals surface area contributed by atoms with Gasteiger partial charge in [0.2, 0.25) is 0 Å². The summed E-state index contributed by atoms with van der Waals surface area (Å²) >= 11 is 4.93. The van der Waals surface area contributed by atoms with Crippen LogP contribution in [0.2, 0.25) is 0 Å². The van der Waals surface area contributed by atoms with E-state index < -0.39 is 0 Å². The van der Waals surface area contributed by atoms with Gasteiger partial charge in [0.05, 0.1) is 17.7 Å². The van der Waals surface area contributed by atoms with Crippen molar-refractivity contribution in [2.24, 2.45) is 0 Å². The standard InChI is InChI=1S/C14H12BrNO2S/c1-18-14(17)12-5-3-2-4-10(12)9-19-13-7-6-11(15)8-16-13/h2-8H,9H2,1H3. The van der Waals surface area contributed by atoms with Crippen LogP contribution in [0, 0.1) is 0 Å². The number of esters is 1. The summed E-state index contributed by atoms with van der Waals surface area (Å²) < 4.78 is 5.73. The van der Waals surface area contributed by atoms with Crippen LogP contribution >= 0.6 is 27.7 Å². The Bertz CT molecular complexity index is 572. The molecule has 0 radical (unpaired) electrons. The summed E-state index contributed by atoms with van der Waals surface area (Å²) in [6, 6.07) is 11.3. The molecule has 0 atom stereocenters. The highest BCUT2D eigenvalue weighted by atomic mass is 79.9. The van der Waals surface area contributed by atoms with Gasteiger partial charge in [-0.3, -0.25) is 0 Å². The lowest BCUT2D eigenvalue weighted by molar-refractivity contribution is 0.0600. The molecule has 0 bridgehead atoms. The summed E-state index contributed by atoms with van der Waals surface area (Å²) in [5.74, 6) is 0.375. The lowest BCUT2D eigenvalue weighted by Crippen LogP contribution is -2.04. The summed E-state index contributed by atoms with van der Waals surface area (Å²) in [6.45, 7) is 0. The lowest BCUT2D eigenvalue weighted by atomic mass is 10.1. The molecular weight excluding hydrogens is 326 g/mol. The van der Waals surface area contributed by atoms with E-state index in [1.54, 1.807) is 24.0 Å². The van der Waals surface area contributed by atoms with Gasteiger partial charge in [-0.15, -0.1) is 11.8 Å². The molecule has 0 aliphatic heterocycles. The minimum Gasteiger partial charge on any atom is -0.465 e. The quantitative estimate of drug-likeness (QED) is 0.626. The molecule has 1 aromatic carbocycles. The molecule has 2 aromatic rings. The van der Waals surface area contributed by atoms with Gasteiger partial charge in [-0.1, -0.05) is 18.2 Å². The predicted molar refractivity (Wildman–Crippen MR) is 79.3 cm³/mol. The molecule has 98 valence electrons. The molecular formula is C14H12BrNO2S. The van der Waals surface area contributed by atoms with E-state index in [1.807, 2.05) is 30.3 Å². The first-order valence-electron chi connectivity index (χ1n) is 5.61. The van der Waals surface area contributed by atoms with E-state index in [4.69, 9.17) is 4.74 Å². The fourth-order valence-corrected chi connectivity index (χ4v) is 2.64. The average Bonchev–Trinajstić information content (AvgIpc) is 2.46. The highest BCUT2D eigenvalue weighted by Crippen LogP contribution is 2.24. The molecule has 0 amide bonds. The topological polar surface area (TPSA) is 39.2 Å². The maximum absolute atomic E-state index is 11.6. The van der Waals surface area contributed by atoms with Gasteiger partial charge in [-0.2, -0.15) is 0 Å². The van der Waals surface area contributed by atoms with Crippen molar-refractivity contribution in [1.82, 2.24) is 4.98 Å². The van der Waals surface area contributed by atoms with Crippen LogP contribution in [0.4, 0.5) is 0 Å². The summed E-state index contributed by atoms with van der Waals surface area (Å²) in [5.41, 5.74) is 1.55. The third-order valence-electron chi connectivity index (χ3n) is 2.50. The van der Waals surface area contributed by atoms with E-state index in [2.05, 4.69) is 20.9 Å². The number of halogens is 1. The third-order valence-corrected chi connectivity index (χ3v) is 3.96. The molecule has 0 aliphatic carbocycles. The number of ether oxygens (including phenoxy) is 1. The summed E-state index contributed by atoms with van der Waals surface area (Å²) in [4.78, 5) is 15.9. The largest absolute Gasteiger partial charge is 0.465 e. The number of aromatic nitrogens is 1. The van der Waals surface area contributed by atoms with Gasteiger partial charge in [0.15, 0.2) is 0 Å². The number of hydrogen-bond donors (Lipinski definition) is 0. The monoisotopic (exact) mass is 337 g/mol. The molecule has 5 heteroatoms. The Morgan fingerprint density at radius 2 is 2.11 bits per heavy atom. The molecule has 0 fully saturated rings. The summed E-state index contributed by atoms with van der Waals surface area (Å²) in [6.07, 6.45) is 1.76. The Labute approximate surface area is 124 Å². The van der Waals surface area contributed by atoms with Crippen LogP contribution in [-0.2, 0) is 10.5 Å². The smallest absolute Gasteiger partial charge is 0.338 e. The van der Waals surface area contributed by atoms with Crippen LogP contribution in [-0.4, -0.2) is 18.1 Å². The number of pyridine rings is 1. The number of benzene rings is 1. The van der Waals surface area contributed by atoms with Crippen LogP contribution in [0.3, 0.4) is 0 Å². The van der Waals surface area contributed by atoms with Gasteiger partial charge in [0.1, 0.15) is 0 Å². The molecule has 1 aromatic heterocycles. The Morgan fingerprint density at radius 3 is 2.79 bits per heavy atom. The van der Waals surface area contributed by atoms with Crippen LogP contribution < -0.4 is 0 Å². The minimum absolute atomic E-state index is 0.306. The predicted octanol–water partition coefficient (Wildman–Crippen LogP) is 3.92. The molecule has 0 N–H and O–H groups in total. The second kappa shape index (κ2) is 6.73. The zero-order valence-corrected chi connectivity index (χ0v) is 12.7. The minimum atomic E-state index is -0.306. The number of nitrogens with zero attached hydrogens (tertiary/aromatic N) is 1. The maximum Gasteiger partial charge on any atom is 0.338 e. The molecule has 0 saturated carbocycles. The van der Waals surface area contributed by atoms with Gasteiger partial charge in [0.25, 0.3) is 0 Å². The Kier molecular flexibility index (Phi) is 4.99.